The van der Waals surface area contributed by atoms with Crippen molar-refractivity contribution in [1.82, 2.24) is 0 Å². The van der Waals surface area contributed by atoms with Gasteiger partial charge < -0.3 is 10.2 Å². The predicted octanol–water partition coefficient (Wildman–Crippen LogP) is 2.36. The Hall–Kier alpha value is -0.340. The van der Waals surface area contributed by atoms with Crippen LogP contribution in [0.5, 0.6) is 0 Å². The fourth-order valence-electron chi connectivity index (χ4n) is 5.04. The van der Waals surface area contributed by atoms with E-state index < -0.39 is 0 Å². The third-order valence-electron chi connectivity index (χ3n) is 6.15. The molecule has 0 amide bonds. The van der Waals surface area contributed by atoms with Crippen LogP contribution in [-0.2, 0) is 0 Å². The van der Waals surface area contributed by atoms with Crippen LogP contribution in [0.15, 0.2) is 11.6 Å². The highest BCUT2D eigenvalue weighted by atomic mass is 16.3. The zero-order valence-electron chi connectivity index (χ0n) is 11.3. The molecule has 3 aliphatic rings. The second-order valence-electron chi connectivity index (χ2n) is 7.27. The Bertz CT molecular complexity index is 384. The Kier molecular flexibility index (Phi) is 2.18. The van der Waals surface area contributed by atoms with Gasteiger partial charge in [0, 0.05) is 0 Å². The highest BCUT2D eigenvalue weighted by Crippen LogP contribution is 2.74. The maximum Gasteiger partial charge on any atom is 0.0759 e. The molecule has 0 radical (unpaired) electrons. The van der Waals surface area contributed by atoms with Gasteiger partial charge >= 0.3 is 0 Å². The third kappa shape index (κ3) is 1.29. The summed E-state index contributed by atoms with van der Waals surface area (Å²) in [6.45, 7) is 9.21. The third-order valence-corrected chi connectivity index (χ3v) is 6.15. The lowest BCUT2D eigenvalue weighted by molar-refractivity contribution is 0.0425. The number of aliphatic hydroxyl groups is 2. The smallest absolute Gasteiger partial charge is 0.0759 e. The summed E-state index contributed by atoms with van der Waals surface area (Å²) >= 11 is 0. The molecule has 2 heteroatoms. The minimum absolute atomic E-state index is 0.102. The van der Waals surface area contributed by atoms with E-state index in [1.807, 2.05) is 6.08 Å². The van der Waals surface area contributed by atoms with Crippen molar-refractivity contribution in [3.8, 4) is 0 Å². The summed E-state index contributed by atoms with van der Waals surface area (Å²) in [5.41, 5.74) is 1.59. The van der Waals surface area contributed by atoms with E-state index in [1.165, 1.54) is 0 Å². The normalized spacial score (nSPS) is 55.6. The average Bonchev–Trinajstić information content (AvgIpc) is 2.74. The maximum absolute atomic E-state index is 10.4. The van der Waals surface area contributed by atoms with Crippen molar-refractivity contribution >= 4 is 0 Å². The quantitative estimate of drug-likeness (QED) is 0.634. The van der Waals surface area contributed by atoms with Gasteiger partial charge in [-0.05, 0) is 47.0 Å². The molecule has 2 fully saturated rings. The highest BCUT2D eigenvalue weighted by molar-refractivity contribution is 5.35. The zero-order chi connectivity index (χ0) is 12.6. The van der Waals surface area contributed by atoms with Crippen LogP contribution in [0, 0.1) is 28.6 Å². The van der Waals surface area contributed by atoms with Gasteiger partial charge in [0.2, 0.25) is 0 Å². The highest BCUT2D eigenvalue weighted by Gasteiger charge is 2.70. The molecule has 0 heterocycles. The summed E-state index contributed by atoms with van der Waals surface area (Å²) in [4.78, 5) is 0. The summed E-state index contributed by atoms with van der Waals surface area (Å²) < 4.78 is 0. The van der Waals surface area contributed by atoms with Gasteiger partial charge in [0.05, 0.1) is 12.2 Å². The van der Waals surface area contributed by atoms with E-state index in [2.05, 4.69) is 27.7 Å². The summed E-state index contributed by atoms with van der Waals surface area (Å²) in [5.74, 6) is 1.81. The van der Waals surface area contributed by atoms with Crippen molar-refractivity contribution in [2.45, 2.75) is 52.7 Å². The first-order valence-electron chi connectivity index (χ1n) is 6.88. The van der Waals surface area contributed by atoms with Crippen LogP contribution in [0.3, 0.4) is 0 Å². The monoisotopic (exact) mass is 236 g/mol. The van der Waals surface area contributed by atoms with E-state index in [9.17, 15) is 10.2 Å². The molecule has 17 heavy (non-hydrogen) atoms. The lowest BCUT2D eigenvalue weighted by Gasteiger charge is -2.47. The van der Waals surface area contributed by atoms with Crippen LogP contribution in [0.25, 0.3) is 0 Å². The van der Waals surface area contributed by atoms with E-state index >= 15 is 0 Å². The Morgan fingerprint density at radius 3 is 2.47 bits per heavy atom. The Morgan fingerprint density at radius 2 is 1.82 bits per heavy atom. The number of fused-ring (bicyclic) bond motifs is 3. The molecule has 96 valence electrons. The molecule has 2 saturated carbocycles. The number of hydrogen-bond acceptors (Lipinski definition) is 2. The Labute approximate surface area is 104 Å². The van der Waals surface area contributed by atoms with Gasteiger partial charge in [0.25, 0.3) is 0 Å². The minimum Gasteiger partial charge on any atom is -0.389 e. The van der Waals surface area contributed by atoms with Crippen molar-refractivity contribution in [3.05, 3.63) is 11.6 Å². The van der Waals surface area contributed by atoms with Crippen molar-refractivity contribution in [2.24, 2.45) is 28.6 Å². The molecule has 0 unspecified atom stereocenters. The van der Waals surface area contributed by atoms with Crippen molar-refractivity contribution < 1.29 is 10.2 Å². The van der Waals surface area contributed by atoms with Gasteiger partial charge in [0.15, 0.2) is 0 Å². The molecular formula is C15H24O2. The fourth-order valence-corrected chi connectivity index (χ4v) is 5.04. The largest absolute Gasteiger partial charge is 0.389 e. The molecule has 2 nitrogen and oxygen atoms in total. The molecule has 3 aliphatic carbocycles. The van der Waals surface area contributed by atoms with E-state index in [-0.39, 0.29) is 17.6 Å². The SMILES string of the molecule is C[C@@H]1C[C@H](O)C=C2[C@H](O)C[C@@H]3[C@@H](C3(C)C)[C@]21C. The molecule has 0 aromatic carbocycles. The molecule has 0 aromatic heterocycles. The molecular weight excluding hydrogens is 212 g/mol. The molecule has 0 aromatic rings. The van der Waals surface area contributed by atoms with Crippen LogP contribution < -0.4 is 0 Å². The molecule has 2 N–H and O–H groups in total. The lowest BCUT2D eigenvalue weighted by Crippen LogP contribution is -2.44. The second-order valence-corrected chi connectivity index (χ2v) is 7.27. The Balaban J connectivity index is 2.08. The minimum atomic E-state index is -0.360. The van der Waals surface area contributed by atoms with Crippen LogP contribution in [0.4, 0.5) is 0 Å². The molecule has 0 saturated heterocycles. The van der Waals surface area contributed by atoms with Crippen LogP contribution in [0.1, 0.15) is 40.5 Å². The van der Waals surface area contributed by atoms with Gasteiger partial charge in [-0.2, -0.15) is 0 Å². The lowest BCUT2D eigenvalue weighted by atomic mass is 9.58. The summed E-state index contributed by atoms with van der Waals surface area (Å²) in [7, 11) is 0. The van der Waals surface area contributed by atoms with Gasteiger partial charge in [-0.15, -0.1) is 0 Å². The van der Waals surface area contributed by atoms with Gasteiger partial charge in [0.1, 0.15) is 0 Å². The van der Waals surface area contributed by atoms with E-state index in [0.717, 1.165) is 18.4 Å². The fraction of sp³-hybridized carbons (Fsp3) is 0.867. The average molecular weight is 236 g/mol. The summed E-state index contributed by atoms with van der Waals surface area (Å²) in [6, 6.07) is 0. The van der Waals surface area contributed by atoms with Crippen LogP contribution in [0.2, 0.25) is 0 Å². The molecule has 3 rings (SSSR count). The van der Waals surface area contributed by atoms with E-state index in [1.54, 1.807) is 0 Å². The van der Waals surface area contributed by atoms with E-state index in [0.29, 0.717) is 23.2 Å². The predicted molar refractivity (Wildman–Crippen MR) is 67.4 cm³/mol. The summed E-state index contributed by atoms with van der Waals surface area (Å²) in [6.07, 6.45) is 2.97. The van der Waals surface area contributed by atoms with Crippen molar-refractivity contribution in [3.63, 3.8) is 0 Å². The molecule has 0 spiro atoms. The summed E-state index contributed by atoms with van der Waals surface area (Å²) in [5, 5.41) is 20.2. The first kappa shape index (κ1) is 11.7. The molecule has 0 aliphatic heterocycles. The van der Waals surface area contributed by atoms with Gasteiger partial charge in [-0.25, -0.2) is 0 Å². The van der Waals surface area contributed by atoms with Gasteiger partial charge in [-0.1, -0.05) is 33.8 Å². The number of aliphatic hydroxyl groups excluding tert-OH is 2. The molecule has 0 bridgehead atoms. The second kappa shape index (κ2) is 3.16. The number of rotatable bonds is 0. The maximum atomic E-state index is 10.4. The first-order chi connectivity index (χ1) is 7.79. The standard InChI is InChI=1S/C15H24O2/c1-8-5-9(16)6-10-12(17)7-11-13(14(11,2)3)15(8,10)4/h6,8-9,11-13,16-17H,5,7H2,1-4H3/t8-,9+,11-,12-,13+,15+/m1/s1. The number of hydrogen-bond donors (Lipinski definition) is 2. The molecule has 6 atom stereocenters. The first-order valence-corrected chi connectivity index (χ1v) is 6.88. The zero-order valence-corrected chi connectivity index (χ0v) is 11.3. The Morgan fingerprint density at radius 1 is 1.18 bits per heavy atom. The van der Waals surface area contributed by atoms with Crippen molar-refractivity contribution in [2.75, 3.05) is 0 Å². The van der Waals surface area contributed by atoms with Crippen LogP contribution in [-0.4, -0.2) is 22.4 Å². The van der Waals surface area contributed by atoms with Gasteiger partial charge in [-0.3, -0.25) is 0 Å². The van der Waals surface area contributed by atoms with Crippen LogP contribution >= 0.6 is 0 Å². The van der Waals surface area contributed by atoms with Crippen molar-refractivity contribution in [1.29, 1.82) is 0 Å². The topological polar surface area (TPSA) is 40.5 Å². The van der Waals surface area contributed by atoms with E-state index in [4.69, 9.17) is 0 Å².